The van der Waals surface area contributed by atoms with Crippen molar-refractivity contribution in [2.45, 2.75) is 0 Å². The summed E-state index contributed by atoms with van der Waals surface area (Å²) in [5, 5.41) is 11.1. The van der Waals surface area contributed by atoms with Crippen LogP contribution in [0.1, 0.15) is 5.56 Å². The van der Waals surface area contributed by atoms with Gasteiger partial charge >= 0.3 is 0 Å². The zero-order valence-corrected chi connectivity index (χ0v) is 8.81. The third-order valence-corrected chi connectivity index (χ3v) is 2.94. The van der Waals surface area contributed by atoms with E-state index in [-0.39, 0.29) is 0 Å². The Balaban J connectivity index is 2.58. The number of aryl methyl sites for hydroxylation is 1. The van der Waals surface area contributed by atoms with E-state index in [0.717, 1.165) is 21.8 Å². The van der Waals surface area contributed by atoms with Gasteiger partial charge in [-0.3, -0.25) is 4.98 Å². The van der Waals surface area contributed by atoms with Gasteiger partial charge in [-0.15, -0.1) is 0 Å². The molecule has 3 aromatic rings. The molecule has 3 rings (SSSR count). The molecule has 0 aliphatic carbocycles. The van der Waals surface area contributed by atoms with E-state index in [1.807, 2.05) is 37.5 Å². The SMILES string of the molecule is Cn1c2ccncc2c2cc(C#N)ccc21. The molecule has 0 amide bonds. The molecule has 0 radical (unpaired) electrons. The second-order valence-corrected chi connectivity index (χ2v) is 3.80. The van der Waals surface area contributed by atoms with Crippen molar-refractivity contribution in [3.05, 3.63) is 42.2 Å². The van der Waals surface area contributed by atoms with Crippen molar-refractivity contribution in [2.75, 3.05) is 0 Å². The Hall–Kier alpha value is -2.34. The highest BCUT2D eigenvalue weighted by atomic mass is 14.9. The second kappa shape index (κ2) is 3.07. The zero-order valence-electron chi connectivity index (χ0n) is 8.81. The van der Waals surface area contributed by atoms with Crippen LogP contribution in [0.2, 0.25) is 0 Å². The summed E-state index contributed by atoms with van der Waals surface area (Å²) in [6.07, 6.45) is 3.63. The smallest absolute Gasteiger partial charge is 0.0991 e. The first kappa shape index (κ1) is 8.93. The predicted octanol–water partition coefficient (Wildman–Crippen LogP) is 2.60. The fourth-order valence-corrected chi connectivity index (χ4v) is 2.13. The van der Waals surface area contributed by atoms with Crippen LogP contribution in [-0.4, -0.2) is 9.55 Å². The Morgan fingerprint density at radius 1 is 1.19 bits per heavy atom. The third kappa shape index (κ3) is 1.04. The van der Waals surface area contributed by atoms with Crippen LogP contribution in [0.3, 0.4) is 0 Å². The summed E-state index contributed by atoms with van der Waals surface area (Å²) in [7, 11) is 2.02. The van der Waals surface area contributed by atoms with Gasteiger partial charge in [-0.05, 0) is 24.3 Å². The molecule has 0 atom stereocenters. The minimum absolute atomic E-state index is 0.684. The molecule has 0 aliphatic heterocycles. The van der Waals surface area contributed by atoms with Crippen LogP contribution in [0.25, 0.3) is 21.8 Å². The lowest BCUT2D eigenvalue weighted by atomic mass is 10.1. The Labute approximate surface area is 92.6 Å². The summed E-state index contributed by atoms with van der Waals surface area (Å²) < 4.78 is 2.12. The van der Waals surface area contributed by atoms with Crippen molar-refractivity contribution in [1.29, 1.82) is 5.26 Å². The van der Waals surface area contributed by atoms with Crippen LogP contribution >= 0.6 is 0 Å². The molecule has 2 heterocycles. The van der Waals surface area contributed by atoms with Crippen LogP contribution in [0.15, 0.2) is 36.7 Å². The molecular weight excluding hydrogens is 198 g/mol. The summed E-state index contributed by atoms with van der Waals surface area (Å²) in [4.78, 5) is 4.14. The maximum absolute atomic E-state index is 8.90. The minimum Gasteiger partial charge on any atom is -0.344 e. The number of hydrogen-bond acceptors (Lipinski definition) is 2. The topological polar surface area (TPSA) is 41.6 Å². The molecule has 3 heteroatoms. The number of pyridine rings is 1. The molecule has 0 fully saturated rings. The molecule has 0 aliphatic rings. The van der Waals surface area contributed by atoms with Gasteiger partial charge in [0.05, 0.1) is 17.1 Å². The molecule has 3 nitrogen and oxygen atoms in total. The third-order valence-electron chi connectivity index (χ3n) is 2.94. The van der Waals surface area contributed by atoms with E-state index in [1.54, 1.807) is 6.20 Å². The van der Waals surface area contributed by atoms with Crippen molar-refractivity contribution < 1.29 is 0 Å². The molecule has 0 unspecified atom stereocenters. The molecule has 0 N–H and O–H groups in total. The van der Waals surface area contributed by atoms with E-state index >= 15 is 0 Å². The summed E-state index contributed by atoms with van der Waals surface area (Å²) in [6, 6.07) is 9.89. The standard InChI is InChI=1S/C13H9N3/c1-16-12-3-2-9(7-14)6-10(12)11-8-15-5-4-13(11)16/h2-6,8H,1H3. The average molecular weight is 207 g/mol. The summed E-state index contributed by atoms with van der Waals surface area (Å²) >= 11 is 0. The molecule has 2 aromatic heterocycles. The van der Waals surface area contributed by atoms with Gasteiger partial charge in [0.25, 0.3) is 0 Å². The highest BCUT2D eigenvalue weighted by molar-refractivity contribution is 6.07. The lowest BCUT2D eigenvalue weighted by Gasteiger charge is -1.96. The monoisotopic (exact) mass is 207 g/mol. The number of rotatable bonds is 0. The van der Waals surface area contributed by atoms with Gasteiger partial charge in [0.2, 0.25) is 0 Å². The maximum atomic E-state index is 8.90. The van der Waals surface area contributed by atoms with Crippen molar-refractivity contribution in [3.63, 3.8) is 0 Å². The second-order valence-electron chi connectivity index (χ2n) is 3.80. The van der Waals surface area contributed by atoms with Gasteiger partial charge in [-0.1, -0.05) is 0 Å². The number of nitriles is 1. The maximum Gasteiger partial charge on any atom is 0.0991 e. The predicted molar refractivity (Wildman–Crippen MR) is 62.9 cm³/mol. The fraction of sp³-hybridized carbons (Fsp3) is 0.0769. The van der Waals surface area contributed by atoms with Crippen molar-refractivity contribution >= 4 is 21.8 Å². The van der Waals surface area contributed by atoms with E-state index in [1.165, 1.54) is 0 Å². The van der Waals surface area contributed by atoms with Gasteiger partial charge in [-0.25, -0.2) is 0 Å². The highest BCUT2D eigenvalue weighted by Crippen LogP contribution is 2.27. The van der Waals surface area contributed by atoms with Gasteiger partial charge in [0, 0.05) is 35.7 Å². The molecule has 16 heavy (non-hydrogen) atoms. The quantitative estimate of drug-likeness (QED) is 0.568. The summed E-state index contributed by atoms with van der Waals surface area (Å²) in [5.74, 6) is 0. The minimum atomic E-state index is 0.684. The molecule has 76 valence electrons. The van der Waals surface area contributed by atoms with Crippen LogP contribution in [0.4, 0.5) is 0 Å². The largest absolute Gasteiger partial charge is 0.344 e. The number of nitrogens with zero attached hydrogens (tertiary/aromatic N) is 3. The van der Waals surface area contributed by atoms with Crippen molar-refractivity contribution in [3.8, 4) is 6.07 Å². The van der Waals surface area contributed by atoms with Gasteiger partial charge in [0.15, 0.2) is 0 Å². The lowest BCUT2D eigenvalue weighted by molar-refractivity contribution is 1.01. The molecule has 0 saturated carbocycles. The van der Waals surface area contributed by atoms with E-state index in [9.17, 15) is 0 Å². The van der Waals surface area contributed by atoms with Gasteiger partial charge in [-0.2, -0.15) is 5.26 Å². The molecule has 0 bridgehead atoms. The van der Waals surface area contributed by atoms with Crippen LogP contribution < -0.4 is 0 Å². The summed E-state index contributed by atoms with van der Waals surface area (Å²) in [6.45, 7) is 0. The fourth-order valence-electron chi connectivity index (χ4n) is 2.13. The Morgan fingerprint density at radius 2 is 2.00 bits per heavy atom. The van der Waals surface area contributed by atoms with Crippen LogP contribution in [0, 0.1) is 11.3 Å². The Kier molecular flexibility index (Phi) is 1.72. The van der Waals surface area contributed by atoms with Gasteiger partial charge < -0.3 is 4.57 Å². The van der Waals surface area contributed by atoms with E-state index < -0.39 is 0 Å². The number of aromatic nitrogens is 2. The Bertz CT molecular complexity index is 732. The molecule has 0 spiro atoms. The number of fused-ring (bicyclic) bond motifs is 3. The number of hydrogen-bond donors (Lipinski definition) is 0. The van der Waals surface area contributed by atoms with E-state index in [2.05, 4.69) is 15.6 Å². The highest BCUT2D eigenvalue weighted by Gasteiger charge is 2.07. The van der Waals surface area contributed by atoms with Crippen LogP contribution in [0.5, 0.6) is 0 Å². The number of benzene rings is 1. The van der Waals surface area contributed by atoms with E-state index in [0.29, 0.717) is 5.56 Å². The zero-order chi connectivity index (χ0) is 11.1. The first-order valence-corrected chi connectivity index (χ1v) is 5.03. The first-order chi connectivity index (χ1) is 7.81. The average Bonchev–Trinajstić information content (AvgIpc) is 2.64. The van der Waals surface area contributed by atoms with E-state index in [4.69, 9.17) is 5.26 Å². The normalized spacial score (nSPS) is 10.8. The van der Waals surface area contributed by atoms with Gasteiger partial charge in [0.1, 0.15) is 0 Å². The first-order valence-electron chi connectivity index (χ1n) is 5.03. The molecule has 0 saturated heterocycles. The van der Waals surface area contributed by atoms with Crippen LogP contribution in [-0.2, 0) is 7.05 Å². The molecule has 1 aromatic carbocycles. The summed E-state index contributed by atoms with van der Waals surface area (Å²) in [5.41, 5.74) is 2.95. The molecular formula is C13H9N3. The van der Waals surface area contributed by atoms with Crippen molar-refractivity contribution in [1.82, 2.24) is 9.55 Å². The lowest BCUT2D eigenvalue weighted by Crippen LogP contribution is -1.86. The van der Waals surface area contributed by atoms with Crippen molar-refractivity contribution in [2.24, 2.45) is 7.05 Å². The Morgan fingerprint density at radius 3 is 2.81 bits per heavy atom.